The van der Waals surface area contributed by atoms with Crippen molar-refractivity contribution < 1.29 is 18.0 Å². The predicted molar refractivity (Wildman–Crippen MR) is 138 cm³/mol. The van der Waals surface area contributed by atoms with E-state index in [4.69, 9.17) is 0 Å². The monoisotopic (exact) mass is 503 g/mol. The first-order valence-corrected chi connectivity index (χ1v) is 15.3. The molecule has 2 fully saturated rings. The molecule has 1 aliphatic carbocycles. The van der Waals surface area contributed by atoms with E-state index in [9.17, 15) is 18.0 Å². The van der Waals surface area contributed by atoms with Crippen LogP contribution in [0.5, 0.6) is 0 Å². The molecular weight excluding hydrogens is 462 g/mol. The van der Waals surface area contributed by atoms with Crippen molar-refractivity contribution in [2.75, 3.05) is 37.3 Å². The van der Waals surface area contributed by atoms with Crippen molar-refractivity contribution in [3.63, 3.8) is 0 Å². The fraction of sp³-hybridized carbons (Fsp3) is 0.704. The third kappa shape index (κ3) is 7.29. The maximum Gasteiger partial charge on any atom is 0.230 e. The number of fused-ring (bicyclic) bond motifs is 1. The molecule has 1 saturated carbocycles. The molecule has 2 heterocycles. The van der Waals surface area contributed by atoms with E-state index in [1.54, 1.807) is 0 Å². The van der Waals surface area contributed by atoms with Gasteiger partial charge in [-0.1, -0.05) is 43.9 Å². The van der Waals surface area contributed by atoms with Gasteiger partial charge in [0.2, 0.25) is 21.8 Å². The number of carbonyl (C=O) groups excluding carboxylic acids is 2. The van der Waals surface area contributed by atoms with Gasteiger partial charge in [0.15, 0.2) is 0 Å². The van der Waals surface area contributed by atoms with Crippen molar-refractivity contribution in [1.82, 2.24) is 9.21 Å². The van der Waals surface area contributed by atoms with Gasteiger partial charge in [0.05, 0.1) is 6.26 Å². The number of para-hydroxylation sites is 1. The number of nitrogens with zero attached hydrogens (tertiary/aromatic N) is 3. The molecule has 1 aromatic carbocycles. The van der Waals surface area contributed by atoms with Crippen molar-refractivity contribution in [2.45, 2.75) is 77.2 Å². The van der Waals surface area contributed by atoms with Crippen LogP contribution in [0.4, 0.5) is 5.69 Å². The molecule has 7 nitrogen and oxygen atoms in total. The standard InChI is InChI=1S/C27H41N3O4S/c1-35(33,34)29-18-14-22(15-19-29)20-26(31)28-16-8-4-2-3-5-9-17-30(27(32)23-12-13-23)25-11-7-6-10-24(25)21-28/h6-7,10-11,22-23H,2-5,8-9,12-21H2,1H3. The van der Waals surface area contributed by atoms with Crippen LogP contribution in [0.1, 0.15) is 76.2 Å². The predicted octanol–water partition coefficient (Wildman–Crippen LogP) is 4.17. The third-order valence-electron chi connectivity index (χ3n) is 7.75. The van der Waals surface area contributed by atoms with Crippen LogP contribution in [0.3, 0.4) is 0 Å². The second-order valence-corrected chi connectivity index (χ2v) is 12.6. The first kappa shape index (κ1) is 26.1. The van der Waals surface area contributed by atoms with Crippen LogP contribution in [-0.4, -0.2) is 61.9 Å². The summed E-state index contributed by atoms with van der Waals surface area (Å²) in [4.78, 5) is 30.6. The number of rotatable bonds is 4. The average Bonchev–Trinajstić information content (AvgIpc) is 3.67. The van der Waals surface area contributed by atoms with Gasteiger partial charge in [0, 0.05) is 50.7 Å². The molecule has 0 N–H and O–H groups in total. The van der Waals surface area contributed by atoms with Crippen molar-refractivity contribution in [2.24, 2.45) is 11.8 Å². The highest BCUT2D eigenvalue weighted by Crippen LogP contribution is 2.34. The summed E-state index contributed by atoms with van der Waals surface area (Å²) in [6.45, 7) is 2.99. The minimum atomic E-state index is -3.17. The van der Waals surface area contributed by atoms with E-state index in [2.05, 4.69) is 6.07 Å². The molecule has 0 atom stereocenters. The van der Waals surface area contributed by atoms with Gasteiger partial charge in [0.25, 0.3) is 0 Å². The van der Waals surface area contributed by atoms with Gasteiger partial charge in [0.1, 0.15) is 0 Å². The summed E-state index contributed by atoms with van der Waals surface area (Å²) in [5.41, 5.74) is 2.00. The molecule has 1 aromatic rings. The highest BCUT2D eigenvalue weighted by molar-refractivity contribution is 7.88. The van der Waals surface area contributed by atoms with Gasteiger partial charge in [-0.15, -0.1) is 0 Å². The van der Waals surface area contributed by atoms with E-state index in [1.807, 2.05) is 28.0 Å². The topological polar surface area (TPSA) is 78.0 Å². The summed E-state index contributed by atoms with van der Waals surface area (Å²) in [6, 6.07) is 8.10. The lowest BCUT2D eigenvalue weighted by Gasteiger charge is -2.32. The number of hydrogen-bond acceptors (Lipinski definition) is 4. The SMILES string of the molecule is CS(=O)(=O)N1CCC(CC(=O)N2CCCCCCCCN(C(=O)C3CC3)c3ccccc3C2)CC1. The van der Waals surface area contributed by atoms with Crippen molar-refractivity contribution in [3.05, 3.63) is 29.8 Å². The van der Waals surface area contributed by atoms with E-state index in [-0.39, 0.29) is 23.7 Å². The number of amides is 2. The second-order valence-electron chi connectivity index (χ2n) is 10.6. The zero-order valence-electron chi connectivity index (χ0n) is 21.2. The summed E-state index contributed by atoms with van der Waals surface area (Å²) >= 11 is 0. The first-order valence-electron chi connectivity index (χ1n) is 13.4. The van der Waals surface area contributed by atoms with Gasteiger partial charge in [-0.25, -0.2) is 12.7 Å². The minimum Gasteiger partial charge on any atom is -0.338 e. The summed E-state index contributed by atoms with van der Waals surface area (Å²) in [6.07, 6.45) is 11.7. The minimum absolute atomic E-state index is 0.146. The van der Waals surface area contributed by atoms with Gasteiger partial charge >= 0.3 is 0 Å². The number of benzene rings is 1. The molecule has 0 unspecified atom stereocenters. The Bertz CT molecular complexity index is 984. The maximum absolute atomic E-state index is 13.5. The molecule has 194 valence electrons. The van der Waals surface area contributed by atoms with Crippen LogP contribution in [0.2, 0.25) is 0 Å². The molecule has 35 heavy (non-hydrogen) atoms. The van der Waals surface area contributed by atoms with Crippen molar-refractivity contribution in [1.29, 1.82) is 0 Å². The van der Waals surface area contributed by atoms with Gasteiger partial charge < -0.3 is 9.80 Å². The smallest absolute Gasteiger partial charge is 0.230 e. The summed E-state index contributed by atoms with van der Waals surface area (Å²) in [5.74, 6) is 0.762. The molecule has 0 bridgehead atoms. The van der Waals surface area contributed by atoms with Crippen LogP contribution in [0, 0.1) is 11.8 Å². The zero-order valence-corrected chi connectivity index (χ0v) is 22.0. The lowest BCUT2D eigenvalue weighted by molar-refractivity contribution is -0.133. The van der Waals surface area contributed by atoms with E-state index in [1.165, 1.54) is 17.0 Å². The van der Waals surface area contributed by atoms with Crippen LogP contribution >= 0.6 is 0 Å². The second kappa shape index (κ2) is 11.9. The van der Waals surface area contributed by atoms with E-state index in [0.29, 0.717) is 26.1 Å². The molecule has 4 rings (SSSR count). The summed E-state index contributed by atoms with van der Waals surface area (Å²) < 4.78 is 25.2. The van der Waals surface area contributed by atoms with E-state index >= 15 is 0 Å². The lowest BCUT2D eigenvalue weighted by Crippen LogP contribution is -2.40. The Morgan fingerprint density at radius 2 is 1.49 bits per heavy atom. The number of sulfonamides is 1. The molecular formula is C27H41N3O4S. The van der Waals surface area contributed by atoms with Crippen LogP contribution in [0.15, 0.2) is 24.3 Å². The molecule has 8 heteroatoms. The average molecular weight is 504 g/mol. The first-order chi connectivity index (χ1) is 16.8. The Balaban J connectivity index is 1.49. The van der Waals surface area contributed by atoms with Crippen molar-refractivity contribution >= 4 is 27.5 Å². The molecule has 2 aliphatic heterocycles. The Morgan fingerprint density at radius 1 is 0.857 bits per heavy atom. The molecule has 2 amide bonds. The van der Waals surface area contributed by atoms with Gasteiger partial charge in [-0.05, 0) is 56.1 Å². The highest BCUT2D eigenvalue weighted by Gasteiger charge is 2.35. The lowest BCUT2D eigenvalue weighted by atomic mass is 9.94. The fourth-order valence-electron chi connectivity index (χ4n) is 5.41. The summed E-state index contributed by atoms with van der Waals surface area (Å²) in [5, 5.41) is 0. The van der Waals surface area contributed by atoms with Gasteiger partial charge in [-0.2, -0.15) is 0 Å². The summed E-state index contributed by atoms with van der Waals surface area (Å²) in [7, 11) is -3.17. The van der Waals surface area contributed by atoms with Crippen LogP contribution in [0.25, 0.3) is 0 Å². The third-order valence-corrected chi connectivity index (χ3v) is 9.06. The van der Waals surface area contributed by atoms with Crippen LogP contribution in [-0.2, 0) is 26.2 Å². The largest absolute Gasteiger partial charge is 0.338 e. The van der Waals surface area contributed by atoms with E-state index in [0.717, 1.165) is 82.1 Å². The number of piperidine rings is 1. The molecule has 0 spiro atoms. The fourth-order valence-corrected chi connectivity index (χ4v) is 6.28. The number of hydrogen-bond donors (Lipinski definition) is 0. The Kier molecular flexibility index (Phi) is 8.87. The van der Waals surface area contributed by atoms with E-state index < -0.39 is 10.0 Å². The molecule has 3 aliphatic rings. The molecule has 1 saturated heterocycles. The Labute approximate surface area is 210 Å². The number of carbonyl (C=O) groups is 2. The van der Waals surface area contributed by atoms with Gasteiger partial charge in [-0.3, -0.25) is 9.59 Å². The van der Waals surface area contributed by atoms with Crippen LogP contribution < -0.4 is 4.90 Å². The quantitative estimate of drug-likeness (QED) is 0.618. The zero-order chi connectivity index (χ0) is 24.8. The molecule has 0 aromatic heterocycles. The Morgan fingerprint density at radius 3 is 2.14 bits per heavy atom. The maximum atomic E-state index is 13.5. The Hall–Kier alpha value is -1.93. The van der Waals surface area contributed by atoms with Crippen molar-refractivity contribution in [3.8, 4) is 0 Å². The normalized spacial score (nSPS) is 22.0. The highest BCUT2D eigenvalue weighted by atomic mass is 32.2. The molecule has 0 radical (unpaired) electrons. The number of anilines is 1.